The Balaban J connectivity index is 1.56. The van der Waals surface area contributed by atoms with Gasteiger partial charge in [-0.1, -0.05) is 16.5 Å². The Morgan fingerprint density at radius 2 is 2.29 bits per heavy atom. The van der Waals surface area contributed by atoms with Crippen molar-refractivity contribution in [3.8, 4) is 10.8 Å². The molecule has 2 aromatic heterocycles. The van der Waals surface area contributed by atoms with E-state index in [2.05, 4.69) is 20.0 Å². The maximum absolute atomic E-state index is 5.90. The highest BCUT2D eigenvalue weighted by Gasteiger charge is 2.35. The summed E-state index contributed by atoms with van der Waals surface area (Å²) in [7, 11) is 0. The summed E-state index contributed by atoms with van der Waals surface area (Å²) in [6, 6.07) is 0.566. The van der Waals surface area contributed by atoms with Gasteiger partial charge in [-0.15, -0.1) is 0 Å². The number of morpholine rings is 1. The van der Waals surface area contributed by atoms with Crippen molar-refractivity contribution in [3.05, 3.63) is 11.5 Å². The van der Waals surface area contributed by atoms with Gasteiger partial charge in [0.1, 0.15) is 11.0 Å². The summed E-state index contributed by atoms with van der Waals surface area (Å²) in [5.41, 5.74) is 6.53. The predicted molar refractivity (Wildman–Crippen MR) is 77.8 cm³/mol. The van der Waals surface area contributed by atoms with Crippen molar-refractivity contribution in [1.29, 1.82) is 0 Å². The van der Waals surface area contributed by atoms with E-state index in [1.165, 1.54) is 24.2 Å². The lowest BCUT2D eigenvalue weighted by atomic mass is 10.2. The third kappa shape index (κ3) is 2.33. The standard InChI is InChI=1S/C13H17N5O2S/c1-7-10(21-13(14)15-7)12-16-11(17-20-12)9-5-18-4-2-3-8(18)6-19-9/h8-9H,2-6H2,1H3,(H2,14,15). The van der Waals surface area contributed by atoms with Crippen LogP contribution in [0.5, 0.6) is 0 Å². The quantitative estimate of drug-likeness (QED) is 0.901. The van der Waals surface area contributed by atoms with E-state index >= 15 is 0 Å². The number of aryl methyl sites for hydroxylation is 1. The lowest BCUT2D eigenvalue weighted by Crippen LogP contribution is -2.42. The minimum absolute atomic E-state index is 0.109. The van der Waals surface area contributed by atoms with Crippen LogP contribution >= 0.6 is 11.3 Å². The van der Waals surface area contributed by atoms with E-state index in [0.717, 1.165) is 30.3 Å². The first-order valence-corrected chi connectivity index (χ1v) is 7.95. The molecular formula is C13H17N5O2S. The number of nitrogens with zero attached hydrogens (tertiary/aromatic N) is 4. The summed E-state index contributed by atoms with van der Waals surface area (Å²) in [5, 5.41) is 4.59. The average molecular weight is 307 g/mol. The van der Waals surface area contributed by atoms with E-state index in [1.807, 2.05) is 6.92 Å². The molecule has 0 aromatic carbocycles. The van der Waals surface area contributed by atoms with E-state index in [4.69, 9.17) is 15.0 Å². The Hall–Kier alpha value is -1.51. The Bertz CT molecular complexity index is 655. The molecule has 8 heteroatoms. The third-order valence-electron chi connectivity index (χ3n) is 4.13. The summed E-state index contributed by atoms with van der Waals surface area (Å²) in [5.74, 6) is 1.09. The molecule has 21 heavy (non-hydrogen) atoms. The van der Waals surface area contributed by atoms with E-state index in [-0.39, 0.29) is 6.10 Å². The fourth-order valence-electron chi connectivity index (χ4n) is 3.05. The Kier molecular flexibility index (Phi) is 3.16. The molecule has 2 fully saturated rings. The van der Waals surface area contributed by atoms with Crippen LogP contribution in [0, 0.1) is 6.92 Å². The lowest BCUT2D eigenvalue weighted by molar-refractivity contribution is -0.0548. The van der Waals surface area contributed by atoms with E-state index in [9.17, 15) is 0 Å². The number of fused-ring (bicyclic) bond motifs is 1. The fraction of sp³-hybridized carbons (Fsp3) is 0.615. The van der Waals surface area contributed by atoms with Gasteiger partial charge in [-0.3, -0.25) is 4.90 Å². The second-order valence-electron chi connectivity index (χ2n) is 5.54. The van der Waals surface area contributed by atoms with Crippen molar-refractivity contribution in [2.45, 2.75) is 31.9 Å². The SMILES string of the molecule is Cc1nc(N)sc1-c1nc(C2CN3CCCC3CO2)no1. The van der Waals surface area contributed by atoms with Gasteiger partial charge < -0.3 is 15.0 Å². The fourth-order valence-corrected chi connectivity index (χ4v) is 3.80. The second kappa shape index (κ2) is 5.04. The molecule has 4 heterocycles. The van der Waals surface area contributed by atoms with Crippen molar-refractivity contribution >= 4 is 16.5 Å². The van der Waals surface area contributed by atoms with Gasteiger partial charge in [0.25, 0.3) is 5.89 Å². The molecule has 0 saturated carbocycles. The number of thiazole rings is 1. The normalized spacial score (nSPS) is 26.1. The highest BCUT2D eigenvalue weighted by atomic mass is 32.1. The van der Waals surface area contributed by atoms with E-state index in [1.54, 1.807) is 0 Å². The number of nitrogen functional groups attached to an aromatic ring is 1. The summed E-state index contributed by atoms with van der Waals surface area (Å²) < 4.78 is 11.3. The molecule has 0 spiro atoms. The average Bonchev–Trinajstić information content (AvgIpc) is 3.17. The molecule has 0 amide bonds. The second-order valence-corrected chi connectivity index (χ2v) is 6.57. The van der Waals surface area contributed by atoms with Crippen LogP contribution in [-0.4, -0.2) is 45.8 Å². The number of nitrogens with two attached hydrogens (primary N) is 1. The highest BCUT2D eigenvalue weighted by molar-refractivity contribution is 7.18. The predicted octanol–water partition coefficient (Wildman–Crippen LogP) is 1.62. The van der Waals surface area contributed by atoms with Gasteiger partial charge in [0.05, 0.1) is 12.3 Å². The van der Waals surface area contributed by atoms with Crippen molar-refractivity contribution in [3.63, 3.8) is 0 Å². The zero-order valence-electron chi connectivity index (χ0n) is 11.8. The van der Waals surface area contributed by atoms with Crippen LogP contribution in [0.3, 0.4) is 0 Å². The third-order valence-corrected chi connectivity index (χ3v) is 5.10. The Morgan fingerprint density at radius 1 is 1.38 bits per heavy atom. The first kappa shape index (κ1) is 13.2. The van der Waals surface area contributed by atoms with Crippen molar-refractivity contribution in [1.82, 2.24) is 20.0 Å². The summed E-state index contributed by atoms with van der Waals surface area (Å²) in [4.78, 5) is 12.0. The van der Waals surface area contributed by atoms with Crippen LogP contribution in [-0.2, 0) is 4.74 Å². The van der Waals surface area contributed by atoms with Gasteiger partial charge in [0, 0.05) is 12.6 Å². The Morgan fingerprint density at radius 3 is 3.10 bits per heavy atom. The maximum atomic E-state index is 5.90. The van der Waals surface area contributed by atoms with Crippen LogP contribution in [0.15, 0.2) is 4.52 Å². The van der Waals surface area contributed by atoms with Gasteiger partial charge in [-0.2, -0.15) is 4.98 Å². The number of aromatic nitrogens is 3. The molecule has 2 saturated heterocycles. The smallest absolute Gasteiger partial charge is 0.270 e. The number of hydrogen-bond donors (Lipinski definition) is 1. The minimum Gasteiger partial charge on any atom is -0.375 e. The van der Waals surface area contributed by atoms with Crippen LogP contribution in [0.25, 0.3) is 10.8 Å². The van der Waals surface area contributed by atoms with E-state index < -0.39 is 0 Å². The van der Waals surface area contributed by atoms with Crippen LogP contribution in [0.1, 0.15) is 30.5 Å². The van der Waals surface area contributed by atoms with E-state index in [0.29, 0.717) is 22.9 Å². The summed E-state index contributed by atoms with van der Waals surface area (Å²) in [6.45, 7) is 4.62. The zero-order chi connectivity index (χ0) is 14.4. The number of rotatable bonds is 2. The Labute approximate surface area is 126 Å². The molecule has 0 bridgehead atoms. The molecule has 2 aliphatic rings. The zero-order valence-corrected chi connectivity index (χ0v) is 12.6. The van der Waals surface area contributed by atoms with Gasteiger partial charge in [0.15, 0.2) is 5.13 Å². The van der Waals surface area contributed by atoms with Crippen LogP contribution in [0.4, 0.5) is 5.13 Å². The van der Waals surface area contributed by atoms with Crippen molar-refractivity contribution in [2.24, 2.45) is 0 Å². The molecule has 7 nitrogen and oxygen atoms in total. The monoisotopic (exact) mass is 307 g/mol. The molecule has 2 N–H and O–H groups in total. The highest BCUT2D eigenvalue weighted by Crippen LogP contribution is 2.33. The summed E-state index contributed by atoms with van der Waals surface area (Å²) >= 11 is 1.36. The first-order chi connectivity index (χ1) is 10.2. The van der Waals surface area contributed by atoms with Crippen LogP contribution < -0.4 is 5.73 Å². The largest absolute Gasteiger partial charge is 0.375 e. The molecule has 4 rings (SSSR count). The number of anilines is 1. The molecule has 0 aliphatic carbocycles. The molecule has 2 atom stereocenters. The number of ether oxygens (including phenoxy) is 1. The van der Waals surface area contributed by atoms with Gasteiger partial charge in [-0.25, -0.2) is 4.98 Å². The maximum Gasteiger partial charge on any atom is 0.270 e. The van der Waals surface area contributed by atoms with Crippen molar-refractivity contribution in [2.75, 3.05) is 25.4 Å². The molecular weight excluding hydrogens is 290 g/mol. The van der Waals surface area contributed by atoms with Gasteiger partial charge in [-0.05, 0) is 26.3 Å². The van der Waals surface area contributed by atoms with Crippen LogP contribution in [0.2, 0.25) is 0 Å². The summed E-state index contributed by atoms with van der Waals surface area (Å²) in [6.07, 6.45) is 2.36. The van der Waals surface area contributed by atoms with Crippen molar-refractivity contribution < 1.29 is 9.26 Å². The van der Waals surface area contributed by atoms with Gasteiger partial charge >= 0.3 is 0 Å². The van der Waals surface area contributed by atoms with Gasteiger partial charge in [0.2, 0.25) is 5.82 Å². The molecule has 2 unspecified atom stereocenters. The molecule has 2 aromatic rings. The molecule has 112 valence electrons. The molecule has 2 aliphatic heterocycles. The first-order valence-electron chi connectivity index (χ1n) is 7.13. The minimum atomic E-state index is -0.109. The lowest BCUT2D eigenvalue weighted by Gasteiger charge is -2.33. The topological polar surface area (TPSA) is 90.3 Å². The number of hydrogen-bond acceptors (Lipinski definition) is 8. The molecule has 0 radical (unpaired) electrons.